The van der Waals surface area contributed by atoms with Gasteiger partial charge in [-0.05, 0) is 37.2 Å². The Morgan fingerprint density at radius 3 is 2.68 bits per heavy atom. The SMILES string of the molecule is CC1CCCC(N[C@@H](CO)Cc2ccccc2)CC1. The molecular formula is C17H27NO. The predicted octanol–water partition coefficient (Wildman–Crippen LogP) is 3.15. The van der Waals surface area contributed by atoms with E-state index in [-0.39, 0.29) is 12.6 Å². The molecule has 0 bridgehead atoms. The summed E-state index contributed by atoms with van der Waals surface area (Å²) in [5.74, 6) is 0.869. The molecule has 1 saturated carbocycles. The van der Waals surface area contributed by atoms with Crippen molar-refractivity contribution >= 4 is 0 Å². The molecule has 2 nitrogen and oxygen atoms in total. The van der Waals surface area contributed by atoms with Gasteiger partial charge in [0.2, 0.25) is 0 Å². The molecule has 2 rings (SSSR count). The van der Waals surface area contributed by atoms with Crippen LogP contribution < -0.4 is 5.32 Å². The zero-order chi connectivity index (χ0) is 13.5. The summed E-state index contributed by atoms with van der Waals surface area (Å²) in [7, 11) is 0. The lowest BCUT2D eigenvalue weighted by molar-refractivity contribution is 0.225. The van der Waals surface area contributed by atoms with E-state index in [1.54, 1.807) is 0 Å². The highest BCUT2D eigenvalue weighted by Gasteiger charge is 2.19. The number of aliphatic hydroxyl groups excluding tert-OH is 1. The second-order valence-electron chi connectivity index (χ2n) is 6.05. The molecule has 0 radical (unpaired) electrons. The van der Waals surface area contributed by atoms with Crippen molar-refractivity contribution in [3.63, 3.8) is 0 Å². The van der Waals surface area contributed by atoms with Gasteiger partial charge in [-0.2, -0.15) is 0 Å². The highest BCUT2D eigenvalue weighted by molar-refractivity contribution is 5.16. The van der Waals surface area contributed by atoms with Crippen LogP contribution in [0.25, 0.3) is 0 Å². The van der Waals surface area contributed by atoms with Crippen LogP contribution in [-0.4, -0.2) is 23.8 Å². The Labute approximate surface area is 117 Å². The lowest BCUT2D eigenvalue weighted by Crippen LogP contribution is -2.41. The quantitative estimate of drug-likeness (QED) is 0.798. The van der Waals surface area contributed by atoms with Gasteiger partial charge < -0.3 is 10.4 Å². The van der Waals surface area contributed by atoms with Gasteiger partial charge in [0.05, 0.1) is 6.61 Å². The summed E-state index contributed by atoms with van der Waals surface area (Å²) in [6.07, 6.45) is 7.44. The summed E-state index contributed by atoms with van der Waals surface area (Å²) < 4.78 is 0. The molecule has 0 spiro atoms. The molecule has 1 aliphatic carbocycles. The van der Waals surface area contributed by atoms with E-state index in [1.165, 1.54) is 37.7 Å². The summed E-state index contributed by atoms with van der Waals surface area (Å²) in [6, 6.07) is 11.2. The van der Waals surface area contributed by atoms with E-state index in [1.807, 2.05) is 6.07 Å². The molecule has 3 atom stereocenters. The van der Waals surface area contributed by atoms with Crippen molar-refractivity contribution in [2.75, 3.05) is 6.61 Å². The number of aliphatic hydroxyl groups is 1. The van der Waals surface area contributed by atoms with Crippen LogP contribution in [0.15, 0.2) is 30.3 Å². The monoisotopic (exact) mass is 261 g/mol. The van der Waals surface area contributed by atoms with Crippen LogP contribution in [0.4, 0.5) is 0 Å². The Morgan fingerprint density at radius 2 is 1.95 bits per heavy atom. The normalized spacial score (nSPS) is 25.8. The number of rotatable bonds is 5. The van der Waals surface area contributed by atoms with E-state index in [2.05, 4.69) is 36.5 Å². The van der Waals surface area contributed by atoms with E-state index in [4.69, 9.17) is 0 Å². The maximum Gasteiger partial charge on any atom is 0.0587 e. The largest absolute Gasteiger partial charge is 0.395 e. The molecule has 0 heterocycles. The highest BCUT2D eigenvalue weighted by Crippen LogP contribution is 2.23. The maximum atomic E-state index is 9.58. The van der Waals surface area contributed by atoms with Gasteiger partial charge in [0.1, 0.15) is 0 Å². The van der Waals surface area contributed by atoms with Crippen molar-refractivity contribution in [2.45, 2.75) is 57.5 Å². The van der Waals surface area contributed by atoms with E-state index < -0.39 is 0 Å². The van der Waals surface area contributed by atoms with Crippen LogP contribution in [0.1, 0.15) is 44.6 Å². The number of nitrogens with one attached hydrogen (secondary N) is 1. The second kappa shape index (κ2) is 7.66. The van der Waals surface area contributed by atoms with Crippen molar-refractivity contribution in [1.82, 2.24) is 5.32 Å². The fourth-order valence-corrected chi connectivity index (χ4v) is 3.06. The summed E-state index contributed by atoms with van der Waals surface area (Å²) in [6.45, 7) is 2.58. The molecule has 1 aliphatic rings. The molecule has 0 amide bonds. The van der Waals surface area contributed by atoms with Gasteiger partial charge in [0, 0.05) is 12.1 Å². The summed E-state index contributed by atoms with van der Waals surface area (Å²) >= 11 is 0. The van der Waals surface area contributed by atoms with E-state index in [0.717, 1.165) is 12.3 Å². The van der Waals surface area contributed by atoms with Gasteiger partial charge in [-0.15, -0.1) is 0 Å². The molecule has 0 aromatic heterocycles. The van der Waals surface area contributed by atoms with Crippen LogP contribution in [-0.2, 0) is 6.42 Å². The standard InChI is InChI=1S/C17H27NO/c1-14-6-5-9-16(11-10-14)18-17(13-19)12-15-7-3-2-4-8-15/h2-4,7-8,14,16-19H,5-6,9-13H2,1H3/t14?,16?,17-/m1/s1. The van der Waals surface area contributed by atoms with Gasteiger partial charge >= 0.3 is 0 Å². The summed E-state index contributed by atoms with van der Waals surface area (Å²) in [5, 5.41) is 13.2. The molecule has 106 valence electrons. The summed E-state index contributed by atoms with van der Waals surface area (Å²) in [4.78, 5) is 0. The van der Waals surface area contributed by atoms with Gasteiger partial charge in [-0.1, -0.05) is 50.1 Å². The molecule has 0 aliphatic heterocycles. The van der Waals surface area contributed by atoms with Gasteiger partial charge in [0.25, 0.3) is 0 Å². The Hall–Kier alpha value is -0.860. The topological polar surface area (TPSA) is 32.3 Å². The van der Waals surface area contributed by atoms with Crippen molar-refractivity contribution < 1.29 is 5.11 Å². The van der Waals surface area contributed by atoms with Crippen molar-refractivity contribution in [3.05, 3.63) is 35.9 Å². The Kier molecular flexibility index (Phi) is 5.87. The first-order chi connectivity index (χ1) is 9.28. The minimum Gasteiger partial charge on any atom is -0.395 e. The van der Waals surface area contributed by atoms with Crippen molar-refractivity contribution in [2.24, 2.45) is 5.92 Å². The van der Waals surface area contributed by atoms with Crippen molar-refractivity contribution in [3.8, 4) is 0 Å². The zero-order valence-electron chi connectivity index (χ0n) is 12.0. The fourth-order valence-electron chi connectivity index (χ4n) is 3.06. The first-order valence-corrected chi connectivity index (χ1v) is 7.68. The number of hydrogen-bond donors (Lipinski definition) is 2. The van der Waals surface area contributed by atoms with Gasteiger partial charge in [-0.25, -0.2) is 0 Å². The highest BCUT2D eigenvalue weighted by atomic mass is 16.3. The third-order valence-corrected chi connectivity index (χ3v) is 4.27. The van der Waals surface area contributed by atoms with Gasteiger partial charge in [-0.3, -0.25) is 0 Å². The van der Waals surface area contributed by atoms with Crippen LogP contribution >= 0.6 is 0 Å². The number of benzene rings is 1. The minimum atomic E-state index is 0.195. The third kappa shape index (κ3) is 4.96. The van der Waals surface area contributed by atoms with Crippen LogP contribution in [0.3, 0.4) is 0 Å². The molecule has 2 N–H and O–H groups in total. The Morgan fingerprint density at radius 1 is 1.16 bits per heavy atom. The molecule has 0 saturated heterocycles. The predicted molar refractivity (Wildman–Crippen MR) is 80.2 cm³/mol. The zero-order valence-corrected chi connectivity index (χ0v) is 12.0. The molecule has 19 heavy (non-hydrogen) atoms. The fraction of sp³-hybridized carbons (Fsp3) is 0.647. The lowest BCUT2D eigenvalue weighted by Gasteiger charge is -2.23. The van der Waals surface area contributed by atoms with Crippen LogP contribution in [0.2, 0.25) is 0 Å². The minimum absolute atomic E-state index is 0.195. The average Bonchev–Trinajstić information content (AvgIpc) is 2.64. The Balaban J connectivity index is 1.84. The molecule has 1 aromatic carbocycles. The number of hydrogen-bond acceptors (Lipinski definition) is 2. The first-order valence-electron chi connectivity index (χ1n) is 7.68. The van der Waals surface area contributed by atoms with Gasteiger partial charge in [0.15, 0.2) is 0 Å². The molecular weight excluding hydrogens is 234 g/mol. The van der Waals surface area contributed by atoms with Crippen LogP contribution in [0.5, 0.6) is 0 Å². The molecule has 1 fully saturated rings. The lowest BCUT2D eigenvalue weighted by atomic mass is 10.0. The average molecular weight is 261 g/mol. The maximum absolute atomic E-state index is 9.58. The van der Waals surface area contributed by atoms with E-state index in [9.17, 15) is 5.11 Å². The van der Waals surface area contributed by atoms with Crippen LogP contribution in [0, 0.1) is 5.92 Å². The van der Waals surface area contributed by atoms with E-state index >= 15 is 0 Å². The summed E-state index contributed by atoms with van der Waals surface area (Å²) in [5.41, 5.74) is 1.30. The molecule has 1 aromatic rings. The van der Waals surface area contributed by atoms with E-state index in [0.29, 0.717) is 6.04 Å². The molecule has 2 unspecified atom stereocenters. The third-order valence-electron chi connectivity index (χ3n) is 4.27. The van der Waals surface area contributed by atoms with Crippen molar-refractivity contribution in [1.29, 1.82) is 0 Å². The first kappa shape index (κ1) is 14.5. The molecule has 2 heteroatoms. The smallest absolute Gasteiger partial charge is 0.0587 e. The second-order valence-corrected chi connectivity index (χ2v) is 6.05. The Bertz CT molecular complexity index is 352.